The van der Waals surface area contributed by atoms with E-state index < -0.39 is 26.8 Å². The summed E-state index contributed by atoms with van der Waals surface area (Å²) >= 11 is 11.7. The lowest BCUT2D eigenvalue weighted by atomic mass is 9.94. The van der Waals surface area contributed by atoms with Gasteiger partial charge in [-0.1, -0.05) is 29.3 Å². The fourth-order valence-electron chi connectivity index (χ4n) is 1.47. The summed E-state index contributed by atoms with van der Waals surface area (Å²) in [5.74, 6) is -1.93. The van der Waals surface area contributed by atoms with Gasteiger partial charge in [-0.2, -0.15) is 5.26 Å². The zero-order chi connectivity index (χ0) is 14.8. The monoisotopic (exact) mass is 319 g/mol. The maximum atomic E-state index is 12.1. The second-order valence-corrected chi connectivity index (χ2v) is 7.31. The third-order valence-corrected chi connectivity index (χ3v) is 4.81. The van der Waals surface area contributed by atoms with Gasteiger partial charge in [0.05, 0.1) is 6.07 Å². The van der Waals surface area contributed by atoms with Gasteiger partial charge in [0.1, 0.15) is 11.2 Å². The molecule has 102 valence electrons. The van der Waals surface area contributed by atoms with E-state index in [1.807, 2.05) is 0 Å². The molecule has 2 unspecified atom stereocenters. The van der Waals surface area contributed by atoms with Crippen molar-refractivity contribution in [3.05, 3.63) is 33.8 Å². The van der Waals surface area contributed by atoms with E-state index in [4.69, 9.17) is 28.5 Å². The summed E-state index contributed by atoms with van der Waals surface area (Å²) in [7, 11) is -3.56. The van der Waals surface area contributed by atoms with Crippen molar-refractivity contribution in [2.24, 2.45) is 0 Å². The molecule has 2 atom stereocenters. The third-order valence-electron chi connectivity index (χ3n) is 2.73. The van der Waals surface area contributed by atoms with E-state index in [0.717, 1.165) is 6.26 Å². The summed E-state index contributed by atoms with van der Waals surface area (Å²) < 4.78 is 22.8. The Kier molecular flexibility index (Phi) is 4.97. The Labute approximate surface area is 121 Å². The van der Waals surface area contributed by atoms with Crippen molar-refractivity contribution in [1.29, 1.82) is 5.26 Å². The molecule has 0 bridgehead atoms. The first-order valence-corrected chi connectivity index (χ1v) is 7.96. The van der Waals surface area contributed by atoms with Crippen LogP contribution in [0.5, 0.6) is 0 Å². The van der Waals surface area contributed by atoms with Crippen LogP contribution in [0.2, 0.25) is 10.0 Å². The second-order valence-electron chi connectivity index (χ2n) is 4.10. The lowest BCUT2D eigenvalue weighted by molar-refractivity contribution is -0.118. The smallest absolute Gasteiger partial charge is 0.172 e. The van der Waals surface area contributed by atoms with Gasteiger partial charge < -0.3 is 0 Å². The number of sulfone groups is 1. The second kappa shape index (κ2) is 5.91. The number of nitriles is 1. The Morgan fingerprint density at radius 2 is 1.95 bits per heavy atom. The lowest BCUT2D eigenvalue weighted by Crippen LogP contribution is -2.30. The van der Waals surface area contributed by atoms with E-state index in [9.17, 15) is 13.2 Å². The molecule has 1 aromatic rings. The van der Waals surface area contributed by atoms with Gasteiger partial charge >= 0.3 is 0 Å². The molecule has 19 heavy (non-hydrogen) atoms. The van der Waals surface area contributed by atoms with Gasteiger partial charge in [0.15, 0.2) is 15.6 Å². The summed E-state index contributed by atoms with van der Waals surface area (Å²) in [5, 5.41) is 8.37. The molecule has 0 fully saturated rings. The Hall–Kier alpha value is -1.09. The number of halogens is 2. The number of rotatable bonds is 4. The predicted molar refractivity (Wildman–Crippen MR) is 74.1 cm³/mol. The maximum absolute atomic E-state index is 12.1. The van der Waals surface area contributed by atoms with Crippen LogP contribution in [0.25, 0.3) is 0 Å². The highest BCUT2D eigenvalue weighted by molar-refractivity contribution is 7.92. The summed E-state index contributed by atoms with van der Waals surface area (Å²) in [4.78, 5) is 12.1. The minimum atomic E-state index is -3.56. The van der Waals surface area contributed by atoms with Crippen LogP contribution in [-0.2, 0) is 14.6 Å². The van der Waals surface area contributed by atoms with Crippen molar-refractivity contribution in [2.75, 3.05) is 6.26 Å². The predicted octanol–water partition coefficient (Wildman–Crippen LogP) is 2.60. The Morgan fingerprint density at radius 3 is 2.37 bits per heavy atom. The number of carbonyl (C=O) groups is 1. The van der Waals surface area contributed by atoms with Gasteiger partial charge in [-0.25, -0.2) is 8.42 Å². The summed E-state index contributed by atoms with van der Waals surface area (Å²) in [6, 6.07) is 6.14. The molecular weight excluding hydrogens is 309 g/mol. The topological polar surface area (TPSA) is 75.0 Å². The van der Waals surface area contributed by atoms with Gasteiger partial charge in [-0.3, -0.25) is 4.79 Å². The molecule has 0 aromatic heterocycles. The molecule has 0 N–H and O–H groups in total. The average molecular weight is 320 g/mol. The van der Waals surface area contributed by atoms with Crippen LogP contribution >= 0.6 is 23.2 Å². The molecule has 0 radical (unpaired) electrons. The van der Waals surface area contributed by atoms with E-state index in [1.54, 1.807) is 6.07 Å². The largest absolute Gasteiger partial charge is 0.296 e. The zero-order valence-electron chi connectivity index (χ0n) is 10.2. The number of carbonyl (C=O) groups excluding carboxylic acids is 1. The first-order chi connectivity index (χ1) is 8.68. The number of hydrogen-bond acceptors (Lipinski definition) is 4. The molecular formula is C12H11Cl2NO3S. The van der Waals surface area contributed by atoms with Crippen LogP contribution in [0.3, 0.4) is 0 Å². The number of benzene rings is 1. The van der Waals surface area contributed by atoms with Crippen LogP contribution in [0, 0.1) is 11.3 Å². The van der Waals surface area contributed by atoms with Crippen LogP contribution < -0.4 is 0 Å². The standard InChI is InChI=1S/C12H11Cl2NO3S/c1-7(19(2,17)18)12(16)10(6-15)9-4-3-8(13)5-11(9)14/h3-5,7,10H,1-2H3. The molecule has 0 amide bonds. The fourth-order valence-corrected chi connectivity index (χ4v) is 2.54. The molecule has 0 heterocycles. The summed E-state index contributed by atoms with van der Waals surface area (Å²) in [6.07, 6.45) is 0.952. The highest BCUT2D eigenvalue weighted by Crippen LogP contribution is 2.29. The number of hydrogen-bond donors (Lipinski definition) is 0. The number of ketones is 1. The average Bonchev–Trinajstić information content (AvgIpc) is 2.30. The van der Waals surface area contributed by atoms with Crippen molar-refractivity contribution in [1.82, 2.24) is 0 Å². The highest BCUT2D eigenvalue weighted by Gasteiger charge is 2.32. The molecule has 0 aliphatic rings. The van der Waals surface area contributed by atoms with Crippen molar-refractivity contribution in [2.45, 2.75) is 18.1 Å². The lowest BCUT2D eigenvalue weighted by Gasteiger charge is -2.14. The normalized spacial score (nSPS) is 14.5. The van der Waals surface area contributed by atoms with E-state index in [0.29, 0.717) is 5.02 Å². The zero-order valence-corrected chi connectivity index (χ0v) is 12.6. The summed E-state index contributed by atoms with van der Waals surface area (Å²) in [6.45, 7) is 1.26. The Morgan fingerprint density at radius 1 is 1.37 bits per heavy atom. The van der Waals surface area contributed by atoms with Crippen molar-refractivity contribution >= 4 is 38.8 Å². The SMILES string of the molecule is CC(C(=O)C(C#N)c1ccc(Cl)cc1Cl)S(C)(=O)=O. The van der Waals surface area contributed by atoms with Crippen molar-refractivity contribution < 1.29 is 13.2 Å². The number of Topliss-reactive ketones (excluding diaryl/α,β-unsaturated/α-hetero) is 1. The van der Waals surface area contributed by atoms with Gasteiger partial charge in [0.25, 0.3) is 0 Å². The minimum absolute atomic E-state index is 0.160. The van der Waals surface area contributed by atoms with Crippen LogP contribution in [-0.4, -0.2) is 25.7 Å². The molecule has 0 aliphatic carbocycles. The van der Waals surface area contributed by atoms with Crippen molar-refractivity contribution in [3.8, 4) is 6.07 Å². The summed E-state index contributed by atoms with van der Waals surface area (Å²) in [5.41, 5.74) is 0.258. The van der Waals surface area contributed by atoms with Gasteiger partial charge in [-0.15, -0.1) is 0 Å². The number of nitrogens with zero attached hydrogens (tertiary/aromatic N) is 1. The molecule has 4 nitrogen and oxygen atoms in total. The van der Waals surface area contributed by atoms with E-state index in [1.165, 1.54) is 25.1 Å². The van der Waals surface area contributed by atoms with E-state index >= 15 is 0 Å². The Balaban J connectivity index is 3.23. The fraction of sp³-hybridized carbons (Fsp3) is 0.333. The molecule has 0 aliphatic heterocycles. The minimum Gasteiger partial charge on any atom is -0.296 e. The molecule has 7 heteroatoms. The van der Waals surface area contributed by atoms with E-state index in [2.05, 4.69) is 0 Å². The molecule has 1 rings (SSSR count). The third kappa shape index (κ3) is 3.69. The van der Waals surface area contributed by atoms with Crippen LogP contribution in [0.1, 0.15) is 18.4 Å². The molecule has 1 aromatic carbocycles. The Bertz CT molecular complexity index is 649. The maximum Gasteiger partial charge on any atom is 0.172 e. The highest BCUT2D eigenvalue weighted by atomic mass is 35.5. The quantitative estimate of drug-likeness (QED) is 0.854. The first-order valence-electron chi connectivity index (χ1n) is 5.25. The van der Waals surface area contributed by atoms with Gasteiger partial charge in [0, 0.05) is 16.3 Å². The van der Waals surface area contributed by atoms with Gasteiger partial charge in [-0.05, 0) is 24.6 Å². The molecule has 0 saturated carbocycles. The van der Waals surface area contributed by atoms with Gasteiger partial charge in [0.2, 0.25) is 0 Å². The molecule has 0 spiro atoms. The van der Waals surface area contributed by atoms with Crippen LogP contribution in [0.4, 0.5) is 0 Å². The van der Waals surface area contributed by atoms with Crippen LogP contribution in [0.15, 0.2) is 18.2 Å². The van der Waals surface area contributed by atoms with E-state index in [-0.39, 0.29) is 10.6 Å². The first kappa shape index (κ1) is 16.0. The molecule has 0 saturated heterocycles. The van der Waals surface area contributed by atoms with Crippen molar-refractivity contribution in [3.63, 3.8) is 0 Å².